The van der Waals surface area contributed by atoms with E-state index in [0.29, 0.717) is 0 Å². The summed E-state index contributed by atoms with van der Waals surface area (Å²) in [6.45, 7) is 2.87. The summed E-state index contributed by atoms with van der Waals surface area (Å²) >= 11 is 3.47. The van der Waals surface area contributed by atoms with Gasteiger partial charge in [0.25, 0.3) is 0 Å². The number of rotatable bonds is 2. The van der Waals surface area contributed by atoms with Gasteiger partial charge in [0.15, 0.2) is 0 Å². The second-order valence-electron chi connectivity index (χ2n) is 3.20. The lowest BCUT2D eigenvalue weighted by atomic mass is 10.1. The number of phenols is 1. The van der Waals surface area contributed by atoms with Crippen LogP contribution in [0.2, 0.25) is 0 Å². The first-order valence-corrected chi connectivity index (χ1v) is 5.52. The molecule has 0 aliphatic rings. The second kappa shape index (κ2) is 4.06. The molecular formula is C11H11BrN2O. The van der Waals surface area contributed by atoms with Gasteiger partial charge in [-0.05, 0) is 47.1 Å². The molecule has 0 saturated carbocycles. The summed E-state index contributed by atoms with van der Waals surface area (Å²) in [6.07, 6.45) is 1.78. The summed E-state index contributed by atoms with van der Waals surface area (Å²) < 4.78 is 2.88. The number of aromatic hydroxyl groups is 1. The highest BCUT2D eigenvalue weighted by atomic mass is 79.9. The van der Waals surface area contributed by atoms with Crippen LogP contribution in [0.4, 0.5) is 0 Å². The van der Waals surface area contributed by atoms with Gasteiger partial charge in [0, 0.05) is 12.1 Å². The average Bonchev–Trinajstić information content (AvgIpc) is 2.61. The van der Waals surface area contributed by atoms with E-state index >= 15 is 0 Å². The fraction of sp³-hybridized carbons (Fsp3) is 0.182. The number of aromatic nitrogens is 2. The molecule has 0 aliphatic carbocycles. The molecular weight excluding hydrogens is 256 g/mol. The van der Waals surface area contributed by atoms with Crippen molar-refractivity contribution in [1.82, 2.24) is 9.78 Å². The summed E-state index contributed by atoms with van der Waals surface area (Å²) in [6, 6.07) is 7.11. The molecule has 0 unspecified atom stereocenters. The Morgan fingerprint density at radius 2 is 2.00 bits per heavy atom. The van der Waals surface area contributed by atoms with E-state index in [1.165, 1.54) is 0 Å². The van der Waals surface area contributed by atoms with Gasteiger partial charge in [0.2, 0.25) is 0 Å². The van der Waals surface area contributed by atoms with Crippen molar-refractivity contribution < 1.29 is 5.11 Å². The highest BCUT2D eigenvalue weighted by Gasteiger charge is 2.09. The first-order chi connectivity index (χ1) is 7.22. The van der Waals surface area contributed by atoms with E-state index in [1.54, 1.807) is 18.3 Å². The Hall–Kier alpha value is -1.29. The van der Waals surface area contributed by atoms with E-state index in [1.807, 2.05) is 23.7 Å². The zero-order chi connectivity index (χ0) is 10.8. The molecule has 0 saturated heterocycles. The predicted octanol–water partition coefficient (Wildman–Crippen LogP) is 3.04. The molecule has 2 rings (SSSR count). The van der Waals surface area contributed by atoms with E-state index in [0.717, 1.165) is 22.3 Å². The Morgan fingerprint density at radius 3 is 2.60 bits per heavy atom. The van der Waals surface area contributed by atoms with Crippen molar-refractivity contribution in [2.45, 2.75) is 13.5 Å². The number of phenolic OH excluding ortho intramolecular Hbond substituents is 1. The molecule has 15 heavy (non-hydrogen) atoms. The van der Waals surface area contributed by atoms with E-state index in [2.05, 4.69) is 21.0 Å². The van der Waals surface area contributed by atoms with Gasteiger partial charge in [-0.15, -0.1) is 0 Å². The highest BCUT2D eigenvalue weighted by Crippen LogP contribution is 2.28. The zero-order valence-corrected chi connectivity index (χ0v) is 9.90. The van der Waals surface area contributed by atoms with Crippen LogP contribution in [0.15, 0.2) is 34.9 Å². The molecule has 3 nitrogen and oxygen atoms in total. The molecule has 0 spiro atoms. The Kier molecular flexibility index (Phi) is 2.77. The summed E-state index contributed by atoms with van der Waals surface area (Å²) in [5.74, 6) is 0.275. The van der Waals surface area contributed by atoms with Crippen molar-refractivity contribution in [1.29, 1.82) is 0 Å². The van der Waals surface area contributed by atoms with Gasteiger partial charge in [-0.3, -0.25) is 4.68 Å². The molecule has 78 valence electrons. The molecule has 1 aromatic carbocycles. The minimum atomic E-state index is 0.275. The Morgan fingerprint density at radius 1 is 1.33 bits per heavy atom. The minimum absolute atomic E-state index is 0.275. The summed E-state index contributed by atoms with van der Waals surface area (Å²) in [5, 5.41) is 13.5. The van der Waals surface area contributed by atoms with Crippen molar-refractivity contribution in [3.63, 3.8) is 0 Å². The minimum Gasteiger partial charge on any atom is -0.508 e. The standard InChI is InChI=1S/C11H11BrN2O/c1-2-14-11(10(12)7-13-14)8-3-5-9(15)6-4-8/h3-7,15H,2H2,1H3. The molecule has 4 heteroatoms. The molecule has 1 aromatic heterocycles. The van der Waals surface area contributed by atoms with Gasteiger partial charge in [0.1, 0.15) is 5.75 Å². The molecule has 0 radical (unpaired) electrons. The van der Waals surface area contributed by atoms with Crippen LogP contribution in [0.3, 0.4) is 0 Å². The van der Waals surface area contributed by atoms with Gasteiger partial charge in [-0.25, -0.2) is 0 Å². The fourth-order valence-electron chi connectivity index (χ4n) is 1.51. The van der Waals surface area contributed by atoms with E-state index < -0.39 is 0 Å². The van der Waals surface area contributed by atoms with Gasteiger partial charge in [-0.2, -0.15) is 5.10 Å². The molecule has 1 heterocycles. The molecule has 1 N–H and O–H groups in total. The van der Waals surface area contributed by atoms with E-state index in [4.69, 9.17) is 0 Å². The summed E-state index contributed by atoms with van der Waals surface area (Å²) in [7, 11) is 0. The number of halogens is 1. The molecule has 0 fully saturated rings. The second-order valence-corrected chi connectivity index (χ2v) is 4.06. The average molecular weight is 267 g/mol. The van der Waals surface area contributed by atoms with Crippen LogP contribution >= 0.6 is 15.9 Å². The van der Waals surface area contributed by atoms with Crippen molar-refractivity contribution in [3.8, 4) is 17.0 Å². The summed E-state index contributed by atoms with van der Waals surface area (Å²) in [5.41, 5.74) is 2.08. The smallest absolute Gasteiger partial charge is 0.115 e. The first-order valence-electron chi connectivity index (χ1n) is 4.73. The maximum atomic E-state index is 9.22. The monoisotopic (exact) mass is 266 g/mol. The third-order valence-electron chi connectivity index (χ3n) is 2.24. The van der Waals surface area contributed by atoms with Crippen molar-refractivity contribution in [3.05, 3.63) is 34.9 Å². The van der Waals surface area contributed by atoms with Gasteiger partial charge >= 0.3 is 0 Å². The molecule has 0 aliphatic heterocycles. The normalized spacial score (nSPS) is 10.5. The van der Waals surface area contributed by atoms with Crippen LogP contribution in [-0.4, -0.2) is 14.9 Å². The molecule has 0 bridgehead atoms. The number of hydrogen-bond donors (Lipinski definition) is 1. The largest absolute Gasteiger partial charge is 0.508 e. The highest BCUT2D eigenvalue weighted by molar-refractivity contribution is 9.10. The Balaban J connectivity index is 2.52. The van der Waals surface area contributed by atoms with E-state index in [-0.39, 0.29) is 5.75 Å². The first kappa shape index (κ1) is 10.2. The van der Waals surface area contributed by atoms with Crippen LogP contribution in [0, 0.1) is 0 Å². The predicted molar refractivity (Wildman–Crippen MR) is 62.7 cm³/mol. The summed E-state index contributed by atoms with van der Waals surface area (Å²) in [4.78, 5) is 0. The van der Waals surface area contributed by atoms with Gasteiger partial charge in [-0.1, -0.05) is 0 Å². The fourth-order valence-corrected chi connectivity index (χ4v) is 2.03. The number of nitrogens with zero attached hydrogens (tertiary/aromatic N) is 2. The maximum absolute atomic E-state index is 9.22. The SMILES string of the molecule is CCn1ncc(Br)c1-c1ccc(O)cc1. The van der Waals surface area contributed by atoms with Crippen LogP contribution in [0.5, 0.6) is 5.75 Å². The van der Waals surface area contributed by atoms with Crippen molar-refractivity contribution in [2.75, 3.05) is 0 Å². The number of benzene rings is 1. The number of hydrogen-bond acceptors (Lipinski definition) is 2. The lowest BCUT2D eigenvalue weighted by Crippen LogP contribution is -1.98. The number of aryl methyl sites for hydroxylation is 1. The Labute approximate surface area is 96.5 Å². The van der Waals surface area contributed by atoms with Gasteiger partial charge < -0.3 is 5.11 Å². The van der Waals surface area contributed by atoms with Crippen LogP contribution in [-0.2, 0) is 6.54 Å². The Bertz CT molecular complexity index is 462. The van der Waals surface area contributed by atoms with Gasteiger partial charge in [0.05, 0.1) is 16.4 Å². The molecule has 0 atom stereocenters. The maximum Gasteiger partial charge on any atom is 0.115 e. The van der Waals surface area contributed by atoms with Crippen molar-refractivity contribution >= 4 is 15.9 Å². The lowest BCUT2D eigenvalue weighted by Gasteiger charge is -2.05. The van der Waals surface area contributed by atoms with Crippen LogP contribution in [0.25, 0.3) is 11.3 Å². The van der Waals surface area contributed by atoms with Crippen LogP contribution in [0.1, 0.15) is 6.92 Å². The topological polar surface area (TPSA) is 38.0 Å². The third kappa shape index (κ3) is 1.90. The zero-order valence-electron chi connectivity index (χ0n) is 8.31. The van der Waals surface area contributed by atoms with Crippen molar-refractivity contribution in [2.24, 2.45) is 0 Å². The molecule has 2 aromatic rings. The third-order valence-corrected chi connectivity index (χ3v) is 2.82. The molecule has 0 amide bonds. The van der Waals surface area contributed by atoms with E-state index in [9.17, 15) is 5.11 Å². The lowest BCUT2D eigenvalue weighted by molar-refractivity contribution is 0.475. The quantitative estimate of drug-likeness (QED) is 0.908. The van der Waals surface area contributed by atoms with Crippen LogP contribution < -0.4 is 0 Å².